The molecule has 0 aromatic rings. The lowest BCUT2D eigenvalue weighted by atomic mass is 9.97. The number of rotatable bonds is 2. The third-order valence-electron chi connectivity index (χ3n) is 3.60. The van der Waals surface area contributed by atoms with Gasteiger partial charge in [-0.1, -0.05) is 0 Å². The van der Waals surface area contributed by atoms with E-state index in [4.69, 9.17) is 0 Å². The highest BCUT2D eigenvalue weighted by atomic mass is 16.1. The monoisotopic (exact) mass is 196 g/mol. The Kier molecular flexibility index (Phi) is 2.88. The van der Waals surface area contributed by atoms with Crippen molar-refractivity contribution in [2.24, 2.45) is 0 Å². The van der Waals surface area contributed by atoms with Crippen LogP contribution in [0.25, 0.3) is 0 Å². The second-order valence-electron chi connectivity index (χ2n) is 4.70. The smallest absolute Gasteiger partial charge is 0.131 e. The number of hydrogen-bond donors (Lipinski definition) is 1. The van der Waals surface area contributed by atoms with Crippen LogP contribution in [-0.2, 0) is 4.79 Å². The van der Waals surface area contributed by atoms with Crippen LogP contribution in [0.3, 0.4) is 0 Å². The molecule has 0 aromatic carbocycles. The minimum Gasteiger partial charge on any atom is -0.311 e. The van der Waals surface area contributed by atoms with Gasteiger partial charge in [0, 0.05) is 31.1 Å². The number of ketones is 1. The third kappa shape index (κ3) is 1.84. The van der Waals surface area contributed by atoms with Crippen LogP contribution in [0.15, 0.2) is 0 Å². The first kappa shape index (κ1) is 10.1. The Bertz CT molecular complexity index is 229. The fraction of sp³-hybridized carbons (Fsp3) is 0.909. The molecule has 0 spiro atoms. The minimum absolute atomic E-state index is 0.316. The molecule has 3 heteroatoms. The predicted molar refractivity (Wildman–Crippen MR) is 56.3 cm³/mol. The van der Waals surface area contributed by atoms with Crippen LogP contribution in [0.1, 0.15) is 33.1 Å². The molecule has 2 rings (SSSR count). The zero-order valence-corrected chi connectivity index (χ0v) is 9.12. The Morgan fingerprint density at radius 2 is 2.36 bits per heavy atom. The lowest BCUT2D eigenvalue weighted by molar-refractivity contribution is -0.118. The summed E-state index contributed by atoms with van der Waals surface area (Å²) in [7, 11) is 0. The van der Waals surface area contributed by atoms with Gasteiger partial charge in [0.1, 0.15) is 5.78 Å². The molecular formula is C11H20N2O. The second-order valence-corrected chi connectivity index (χ2v) is 4.70. The van der Waals surface area contributed by atoms with Gasteiger partial charge in [-0.15, -0.1) is 0 Å². The molecule has 2 heterocycles. The van der Waals surface area contributed by atoms with E-state index in [1.54, 1.807) is 6.92 Å². The number of carbonyl (C=O) groups excluding carboxylic acids is 1. The van der Waals surface area contributed by atoms with Crippen molar-refractivity contribution in [2.75, 3.05) is 13.1 Å². The van der Waals surface area contributed by atoms with Gasteiger partial charge in [0.15, 0.2) is 0 Å². The van der Waals surface area contributed by atoms with Crippen LogP contribution < -0.4 is 5.32 Å². The van der Waals surface area contributed by atoms with Crippen molar-refractivity contribution < 1.29 is 4.79 Å². The summed E-state index contributed by atoms with van der Waals surface area (Å²) in [5, 5.41) is 3.51. The normalized spacial score (nSPS) is 38.3. The maximum absolute atomic E-state index is 11.2. The maximum Gasteiger partial charge on any atom is 0.131 e. The fourth-order valence-electron chi connectivity index (χ4n) is 2.85. The standard InChI is InChI=1S/C11H20N2O/c1-8(14)6-11-9(2)12-7-10-4-3-5-13(10)11/h9-12H,3-7H2,1-2H3. The van der Waals surface area contributed by atoms with Crippen molar-refractivity contribution in [1.29, 1.82) is 0 Å². The van der Waals surface area contributed by atoms with Crippen molar-refractivity contribution in [1.82, 2.24) is 10.2 Å². The highest BCUT2D eigenvalue weighted by molar-refractivity contribution is 5.76. The summed E-state index contributed by atoms with van der Waals surface area (Å²) in [5.74, 6) is 0.316. The van der Waals surface area contributed by atoms with Crippen molar-refractivity contribution in [3.63, 3.8) is 0 Å². The Morgan fingerprint density at radius 3 is 3.07 bits per heavy atom. The van der Waals surface area contributed by atoms with Crippen LogP contribution in [0.4, 0.5) is 0 Å². The third-order valence-corrected chi connectivity index (χ3v) is 3.60. The molecule has 0 bridgehead atoms. The largest absolute Gasteiger partial charge is 0.311 e. The number of hydrogen-bond acceptors (Lipinski definition) is 3. The highest BCUT2D eigenvalue weighted by Gasteiger charge is 2.37. The van der Waals surface area contributed by atoms with E-state index in [0.717, 1.165) is 6.54 Å². The molecule has 2 aliphatic rings. The van der Waals surface area contributed by atoms with Gasteiger partial charge in [0.25, 0.3) is 0 Å². The predicted octanol–water partition coefficient (Wildman–Crippen LogP) is 0.790. The van der Waals surface area contributed by atoms with Gasteiger partial charge in [0.05, 0.1) is 0 Å². The molecule has 0 amide bonds. The fourth-order valence-corrected chi connectivity index (χ4v) is 2.85. The average molecular weight is 196 g/mol. The Morgan fingerprint density at radius 1 is 1.57 bits per heavy atom. The first-order valence-electron chi connectivity index (χ1n) is 5.67. The molecule has 3 nitrogen and oxygen atoms in total. The summed E-state index contributed by atoms with van der Waals surface area (Å²) >= 11 is 0. The molecule has 0 radical (unpaired) electrons. The molecule has 2 fully saturated rings. The molecule has 3 atom stereocenters. The number of carbonyl (C=O) groups is 1. The molecule has 80 valence electrons. The van der Waals surface area contributed by atoms with E-state index in [0.29, 0.717) is 30.3 Å². The van der Waals surface area contributed by atoms with E-state index in [-0.39, 0.29) is 0 Å². The van der Waals surface area contributed by atoms with Crippen molar-refractivity contribution in [3.05, 3.63) is 0 Å². The maximum atomic E-state index is 11.2. The number of fused-ring (bicyclic) bond motifs is 1. The molecule has 2 aliphatic heterocycles. The van der Waals surface area contributed by atoms with E-state index < -0.39 is 0 Å². The SMILES string of the molecule is CC(=O)CC1C(C)NCC2CCCN21. The Labute approximate surface area is 85.8 Å². The van der Waals surface area contributed by atoms with Crippen molar-refractivity contribution >= 4 is 5.78 Å². The van der Waals surface area contributed by atoms with Crippen LogP contribution in [-0.4, -0.2) is 41.9 Å². The second kappa shape index (κ2) is 3.99. The van der Waals surface area contributed by atoms with Gasteiger partial charge in [-0.3, -0.25) is 9.69 Å². The van der Waals surface area contributed by atoms with E-state index in [2.05, 4.69) is 17.1 Å². The Balaban J connectivity index is 2.05. The van der Waals surface area contributed by atoms with Crippen molar-refractivity contribution in [3.8, 4) is 0 Å². The average Bonchev–Trinajstić information content (AvgIpc) is 2.57. The quantitative estimate of drug-likeness (QED) is 0.708. The van der Waals surface area contributed by atoms with E-state index in [1.807, 2.05) is 0 Å². The summed E-state index contributed by atoms with van der Waals surface area (Å²) < 4.78 is 0. The number of piperazine rings is 1. The van der Waals surface area contributed by atoms with E-state index in [1.165, 1.54) is 19.4 Å². The molecule has 2 saturated heterocycles. The number of nitrogens with one attached hydrogen (secondary N) is 1. The first-order valence-corrected chi connectivity index (χ1v) is 5.67. The van der Waals surface area contributed by atoms with Gasteiger partial charge in [-0.05, 0) is 33.2 Å². The van der Waals surface area contributed by atoms with E-state index in [9.17, 15) is 4.79 Å². The van der Waals surface area contributed by atoms with Gasteiger partial charge in [0.2, 0.25) is 0 Å². The molecule has 0 aliphatic carbocycles. The summed E-state index contributed by atoms with van der Waals surface area (Å²) in [6, 6.07) is 1.59. The van der Waals surface area contributed by atoms with Gasteiger partial charge >= 0.3 is 0 Å². The van der Waals surface area contributed by atoms with Crippen LogP contribution >= 0.6 is 0 Å². The van der Waals surface area contributed by atoms with Gasteiger partial charge in [-0.2, -0.15) is 0 Å². The number of nitrogens with zero attached hydrogens (tertiary/aromatic N) is 1. The molecule has 3 unspecified atom stereocenters. The molecule has 0 saturated carbocycles. The first-order chi connectivity index (χ1) is 6.68. The van der Waals surface area contributed by atoms with Crippen LogP contribution in [0.5, 0.6) is 0 Å². The summed E-state index contributed by atoms with van der Waals surface area (Å²) in [4.78, 5) is 13.7. The lowest BCUT2D eigenvalue weighted by Gasteiger charge is -2.42. The zero-order chi connectivity index (χ0) is 10.1. The van der Waals surface area contributed by atoms with Gasteiger partial charge < -0.3 is 5.32 Å². The summed E-state index contributed by atoms with van der Waals surface area (Å²) in [6.45, 7) is 6.19. The lowest BCUT2D eigenvalue weighted by Crippen LogP contribution is -2.59. The van der Waals surface area contributed by atoms with Crippen LogP contribution in [0, 0.1) is 0 Å². The highest BCUT2D eigenvalue weighted by Crippen LogP contribution is 2.26. The molecule has 1 N–H and O–H groups in total. The summed E-state index contributed by atoms with van der Waals surface area (Å²) in [6.07, 6.45) is 3.31. The minimum atomic E-state index is 0.316. The number of Topliss-reactive ketones (excluding diaryl/α,β-unsaturated/α-hetero) is 1. The molecular weight excluding hydrogens is 176 g/mol. The zero-order valence-electron chi connectivity index (χ0n) is 9.12. The van der Waals surface area contributed by atoms with Gasteiger partial charge in [-0.25, -0.2) is 0 Å². The van der Waals surface area contributed by atoms with Crippen molar-refractivity contribution in [2.45, 2.75) is 51.2 Å². The summed E-state index contributed by atoms with van der Waals surface area (Å²) in [5.41, 5.74) is 0. The van der Waals surface area contributed by atoms with Crippen LogP contribution in [0.2, 0.25) is 0 Å². The van der Waals surface area contributed by atoms with E-state index >= 15 is 0 Å². The molecule has 0 aromatic heterocycles. The topological polar surface area (TPSA) is 32.3 Å². The molecule has 14 heavy (non-hydrogen) atoms. The Hall–Kier alpha value is -0.410.